The van der Waals surface area contributed by atoms with Crippen LogP contribution in [-0.2, 0) is 9.53 Å². The predicted octanol–water partition coefficient (Wildman–Crippen LogP) is 4.02. The molecule has 1 saturated carbocycles. The quantitative estimate of drug-likeness (QED) is 0.834. The predicted molar refractivity (Wildman–Crippen MR) is 95.0 cm³/mol. The monoisotopic (exact) mass is 343 g/mol. The molecule has 1 aromatic carbocycles. The van der Waals surface area contributed by atoms with Crippen molar-refractivity contribution >= 4 is 23.2 Å². The average Bonchev–Trinajstić information content (AvgIpc) is 3.27. The Morgan fingerprint density at radius 2 is 1.88 bits per heavy atom. The van der Waals surface area contributed by atoms with Gasteiger partial charge in [-0.1, -0.05) is 43.2 Å². The number of thiophene rings is 1. The summed E-state index contributed by atoms with van der Waals surface area (Å²) in [5.74, 6) is -0.661. The average molecular weight is 343 g/mol. The maximum absolute atomic E-state index is 12.5. The van der Waals surface area contributed by atoms with E-state index in [2.05, 4.69) is 5.32 Å². The smallest absolute Gasteiger partial charge is 0.349 e. The highest BCUT2D eigenvalue weighted by Gasteiger charge is 2.25. The second-order valence-corrected chi connectivity index (χ2v) is 6.98. The molecule has 1 N–H and O–H groups in total. The normalized spacial score (nSPS) is 15.9. The van der Waals surface area contributed by atoms with Crippen molar-refractivity contribution in [2.75, 3.05) is 0 Å². The van der Waals surface area contributed by atoms with E-state index < -0.39 is 12.1 Å². The lowest BCUT2D eigenvalue weighted by Gasteiger charge is -2.17. The van der Waals surface area contributed by atoms with Gasteiger partial charge in [0.05, 0.1) is 0 Å². The van der Waals surface area contributed by atoms with E-state index in [1.165, 1.54) is 11.3 Å². The van der Waals surface area contributed by atoms with Gasteiger partial charge in [0.2, 0.25) is 0 Å². The van der Waals surface area contributed by atoms with Gasteiger partial charge in [-0.3, -0.25) is 4.79 Å². The van der Waals surface area contributed by atoms with E-state index in [1.807, 2.05) is 41.8 Å². The number of ether oxygens (including phenoxy) is 1. The summed E-state index contributed by atoms with van der Waals surface area (Å²) in [6.07, 6.45) is 3.53. The van der Waals surface area contributed by atoms with Crippen molar-refractivity contribution < 1.29 is 14.3 Å². The maximum Gasteiger partial charge on any atom is 0.349 e. The third-order valence-corrected chi connectivity index (χ3v) is 5.18. The lowest BCUT2D eigenvalue weighted by Crippen LogP contribution is -2.40. The first kappa shape index (κ1) is 16.7. The number of benzene rings is 1. The van der Waals surface area contributed by atoms with Gasteiger partial charge in [0.15, 0.2) is 6.10 Å². The molecular formula is C19H21NO3S. The number of carbonyl (C=O) groups excluding carboxylic acids is 2. The Hall–Kier alpha value is -2.14. The minimum atomic E-state index is -0.788. The van der Waals surface area contributed by atoms with Crippen LogP contribution in [-0.4, -0.2) is 24.0 Å². The fourth-order valence-corrected chi connectivity index (χ4v) is 3.77. The lowest BCUT2D eigenvalue weighted by atomic mass is 10.1. The minimum Gasteiger partial charge on any atom is -0.448 e. The Bertz CT molecular complexity index is 704. The van der Waals surface area contributed by atoms with Gasteiger partial charge in [-0.25, -0.2) is 4.79 Å². The molecule has 24 heavy (non-hydrogen) atoms. The molecule has 1 fully saturated rings. The number of carbonyl (C=O) groups is 2. The summed E-state index contributed by atoms with van der Waals surface area (Å²) in [5.41, 5.74) is 1.81. The standard InChI is InChI=1S/C19H21NO3S/c1-13(18(21)20-15-9-5-6-10-15)23-19(22)17-16(11-12-24-17)14-7-3-2-4-8-14/h2-4,7-8,11-13,15H,5-6,9-10H2,1H3,(H,20,21). The number of nitrogens with one attached hydrogen (secondary N) is 1. The zero-order valence-electron chi connectivity index (χ0n) is 13.7. The Kier molecular flexibility index (Phi) is 5.30. The van der Waals surface area contributed by atoms with Gasteiger partial charge in [-0.2, -0.15) is 0 Å². The van der Waals surface area contributed by atoms with Crippen molar-refractivity contribution in [3.63, 3.8) is 0 Å². The highest BCUT2D eigenvalue weighted by molar-refractivity contribution is 7.12. The van der Waals surface area contributed by atoms with Crippen LogP contribution in [0.15, 0.2) is 41.8 Å². The van der Waals surface area contributed by atoms with Gasteiger partial charge in [-0.15, -0.1) is 11.3 Å². The summed E-state index contributed by atoms with van der Waals surface area (Å²) < 4.78 is 5.39. The van der Waals surface area contributed by atoms with Crippen LogP contribution in [0.25, 0.3) is 11.1 Å². The van der Waals surface area contributed by atoms with Crippen molar-refractivity contribution in [3.05, 3.63) is 46.7 Å². The molecule has 0 spiro atoms. The van der Waals surface area contributed by atoms with E-state index in [1.54, 1.807) is 6.92 Å². The molecule has 1 unspecified atom stereocenters. The number of hydrogen-bond donors (Lipinski definition) is 1. The largest absolute Gasteiger partial charge is 0.448 e. The molecule has 2 aromatic rings. The summed E-state index contributed by atoms with van der Waals surface area (Å²) in [7, 11) is 0. The Balaban J connectivity index is 1.65. The third-order valence-electron chi connectivity index (χ3n) is 4.29. The number of esters is 1. The van der Waals surface area contributed by atoms with Crippen LogP contribution >= 0.6 is 11.3 Å². The summed E-state index contributed by atoms with van der Waals surface area (Å²) in [6.45, 7) is 1.62. The summed E-state index contributed by atoms with van der Waals surface area (Å²) >= 11 is 1.33. The topological polar surface area (TPSA) is 55.4 Å². The van der Waals surface area contributed by atoms with Gasteiger partial charge in [0.25, 0.3) is 5.91 Å². The molecule has 1 heterocycles. The van der Waals surface area contributed by atoms with E-state index in [-0.39, 0.29) is 11.9 Å². The van der Waals surface area contributed by atoms with Crippen LogP contribution in [0.5, 0.6) is 0 Å². The van der Waals surface area contributed by atoms with Gasteiger partial charge < -0.3 is 10.1 Å². The van der Waals surface area contributed by atoms with Crippen LogP contribution in [0.4, 0.5) is 0 Å². The molecule has 1 aliphatic rings. The second kappa shape index (κ2) is 7.62. The number of hydrogen-bond acceptors (Lipinski definition) is 4. The first-order chi connectivity index (χ1) is 11.6. The highest BCUT2D eigenvalue weighted by atomic mass is 32.1. The van der Waals surface area contributed by atoms with Crippen LogP contribution in [0.3, 0.4) is 0 Å². The van der Waals surface area contributed by atoms with Crippen LogP contribution in [0.2, 0.25) is 0 Å². The van der Waals surface area contributed by atoms with Crippen LogP contribution < -0.4 is 5.32 Å². The van der Waals surface area contributed by atoms with Crippen molar-refractivity contribution in [2.45, 2.75) is 44.8 Å². The second-order valence-electron chi connectivity index (χ2n) is 6.07. The SMILES string of the molecule is CC(OC(=O)c1sccc1-c1ccccc1)C(=O)NC1CCCC1. The molecule has 1 aromatic heterocycles. The molecule has 3 rings (SSSR count). The fourth-order valence-electron chi connectivity index (χ4n) is 2.97. The molecule has 1 amide bonds. The Morgan fingerprint density at radius 3 is 2.58 bits per heavy atom. The number of rotatable bonds is 5. The molecule has 0 bridgehead atoms. The van der Waals surface area contributed by atoms with Crippen molar-refractivity contribution in [1.29, 1.82) is 0 Å². The van der Waals surface area contributed by atoms with E-state index in [0.717, 1.165) is 36.8 Å². The van der Waals surface area contributed by atoms with E-state index in [0.29, 0.717) is 4.88 Å². The van der Waals surface area contributed by atoms with E-state index >= 15 is 0 Å². The zero-order valence-corrected chi connectivity index (χ0v) is 14.5. The lowest BCUT2D eigenvalue weighted by molar-refractivity contribution is -0.129. The first-order valence-electron chi connectivity index (χ1n) is 8.29. The van der Waals surface area contributed by atoms with Crippen molar-refractivity contribution in [1.82, 2.24) is 5.32 Å². The molecular weight excluding hydrogens is 322 g/mol. The van der Waals surface area contributed by atoms with Gasteiger partial charge in [-0.05, 0) is 36.8 Å². The molecule has 1 atom stereocenters. The first-order valence-corrected chi connectivity index (χ1v) is 9.17. The molecule has 126 valence electrons. The highest BCUT2D eigenvalue weighted by Crippen LogP contribution is 2.29. The van der Waals surface area contributed by atoms with Gasteiger partial charge in [0.1, 0.15) is 4.88 Å². The molecule has 0 saturated heterocycles. The molecule has 4 nitrogen and oxygen atoms in total. The Morgan fingerprint density at radius 1 is 1.17 bits per heavy atom. The molecule has 1 aliphatic carbocycles. The number of amides is 1. The minimum absolute atomic E-state index is 0.215. The fraction of sp³-hybridized carbons (Fsp3) is 0.368. The molecule has 0 radical (unpaired) electrons. The maximum atomic E-state index is 12.5. The summed E-state index contributed by atoms with van der Waals surface area (Å²) in [5, 5.41) is 4.83. The summed E-state index contributed by atoms with van der Waals surface area (Å²) in [6, 6.07) is 11.8. The van der Waals surface area contributed by atoms with E-state index in [4.69, 9.17) is 4.74 Å². The van der Waals surface area contributed by atoms with Crippen molar-refractivity contribution in [2.24, 2.45) is 0 Å². The third kappa shape index (κ3) is 3.85. The summed E-state index contributed by atoms with van der Waals surface area (Å²) in [4.78, 5) is 25.2. The van der Waals surface area contributed by atoms with E-state index in [9.17, 15) is 9.59 Å². The Labute approximate surface area is 145 Å². The zero-order chi connectivity index (χ0) is 16.9. The van der Waals surface area contributed by atoms with Gasteiger partial charge >= 0.3 is 5.97 Å². The molecule has 0 aliphatic heterocycles. The molecule has 5 heteroatoms. The van der Waals surface area contributed by atoms with Crippen LogP contribution in [0, 0.1) is 0 Å². The van der Waals surface area contributed by atoms with Gasteiger partial charge in [0, 0.05) is 11.6 Å². The van der Waals surface area contributed by atoms with Crippen LogP contribution in [0.1, 0.15) is 42.3 Å². The van der Waals surface area contributed by atoms with Crippen molar-refractivity contribution in [3.8, 4) is 11.1 Å².